The van der Waals surface area contributed by atoms with Crippen LogP contribution in [-0.2, 0) is 26.0 Å². The zero-order chi connectivity index (χ0) is 20.7. The lowest BCUT2D eigenvalue weighted by Gasteiger charge is -2.23. The molecule has 0 aliphatic heterocycles. The molecule has 1 atom stereocenters. The molecule has 0 saturated carbocycles. The fraction of sp³-hybridized carbons (Fsp3) is 0.381. The molecule has 1 N–H and O–H groups in total. The van der Waals surface area contributed by atoms with Crippen molar-refractivity contribution >= 4 is 27.6 Å². The van der Waals surface area contributed by atoms with Crippen LogP contribution < -0.4 is 4.72 Å². The van der Waals surface area contributed by atoms with Gasteiger partial charge in [0.2, 0.25) is 10.0 Å². The highest BCUT2D eigenvalue weighted by Crippen LogP contribution is 2.25. The predicted molar refractivity (Wildman–Crippen MR) is 111 cm³/mol. The molecule has 0 radical (unpaired) electrons. The molecule has 28 heavy (non-hydrogen) atoms. The van der Waals surface area contributed by atoms with E-state index in [-0.39, 0.29) is 22.8 Å². The van der Waals surface area contributed by atoms with Gasteiger partial charge < -0.3 is 4.74 Å². The van der Waals surface area contributed by atoms with E-state index in [9.17, 15) is 13.2 Å². The van der Waals surface area contributed by atoms with Gasteiger partial charge >= 0.3 is 5.97 Å². The maximum Gasteiger partial charge on any atom is 0.305 e. The molecular formula is C21H26ClNO4S. The number of carbonyl (C=O) groups excluding carboxylic acids is 1. The number of aryl methyl sites for hydroxylation is 1. The first-order valence-corrected chi connectivity index (χ1v) is 11.0. The Labute approximate surface area is 172 Å². The van der Waals surface area contributed by atoms with Crippen molar-refractivity contribution in [2.24, 2.45) is 5.92 Å². The maximum absolute atomic E-state index is 12.7. The smallest absolute Gasteiger partial charge is 0.305 e. The highest BCUT2D eigenvalue weighted by atomic mass is 35.5. The van der Waals surface area contributed by atoms with Gasteiger partial charge in [-0.25, -0.2) is 13.1 Å². The van der Waals surface area contributed by atoms with Gasteiger partial charge in [0, 0.05) is 17.5 Å². The molecule has 1 unspecified atom stereocenters. The topological polar surface area (TPSA) is 72.5 Å². The molecule has 0 amide bonds. The quantitative estimate of drug-likeness (QED) is 0.602. The number of esters is 1. The van der Waals surface area contributed by atoms with Crippen molar-refractivity contribution in [3.8, 4) is 0 Å². The molecule has 0 aromatic heterocycles. The van der Waals surface area contributed by atoms with E-state index in [4.69, 9.17) is 11.6 Å². The molecule has 7 heteroatoms. The highest BCUT2D eigenvalue weighted by molar-refractivity contribution is 7.89. The second-order valence-corrected chi connectivity index (χ2v) is 9.12. The molecule has 0 aliphatic carbocycles. The van der Waals surface area contributed by atoms with Crippen LogP contribution in [0.25, 0.3) is 0 Å². The molecule has 0 saturated heterocycles. The molecule has 2 aromatic rings. The van der Waals surface area contributed by atoms with E-state index in [0.717, 1.165) is 17.5 Å². The Kier molecular flexibility index (Phi) is 8.04. The van der Waals surface area contributed by atoms with E-state index in [1.165, 1.54) is 19.2 Å². The van der Waals surface area contributed by atoms with Crippen molar-refractivity contribution in [1.29, 1.82) is 0 Å². The van der Waals surface area contributed by atoms with Crippen molar-refractivity contribution in [2.75, 3.05) is 7.11 Å². The maximum atomic E-state index is 12.7. The number of benzene rings is 2. The molecular weight excluding hydrogens is 398 g/mol. The van der Waals surface area contributed by atoms with E-state index in [1.54, 1.807) is 12.1 Å². The van der Waals surface area contributed by atoms with Crippen LogP contribution >= 0.6 is 11.6 Å². The summed E-state index contributed by atoms with van der Waals surface area (Å²) < 4.78 is 32.9. The summed E-state index contributed by atoms with van der Waals surface area (Å²) >= 11 is 5.85. The summed E-state index contributed by atoms with van der Waals surface area (Å²) in [5.74, 6) is -0.152. The summed E-state index contributed by atoms with van der Waals surface area (Å²) in [6.45, 7) is 3.94. The van der Waals surface area contributed by atoms with Crippen LogP contribution in [0.5, 0.6) is 0 Å². The van der Waals surface area contributed by atoms with E-state index in [0.29, 0.717) is 17.9 Å². The van der Waals surface area contributed by atoms with Gasteiger partial charge in [-0.05, 0) is 54.2 Å². The number of ether oxygens (including phenoxy) is 1. The second-order valence-electron chi connectivity index (χ2n) is 6.97. The Morgan fingerprint density at radius 1 is 1.07 bits per heavy atom. The van der Waals surface area contributed by atoms with Crippen LogP contribution in [0, 0.1) is 5.92 Å². The van der Waals surface area contributed by atoms with Crippen LogP contribution in [0.15, 0.2) is 53.4 Å². The summed E-state index contributed by atoms with van der Waals surface area (Å²) in [7, 11) is -2.28. The number of carbonyl (C=O) groups is 1. The van der Waals surface area contributed by atoms with Crippen LogP contribution in [0.4, 0.5) is 0 Å². The van der Waals surface area contributed by atoms with Crippen molar-refractivity contribution in [3.63, 3.8) is 0 Å². The standard InChI is InChI=1S/C21H26ClNO4S/c1-15(2)21(23-28(25,26)19-13-11-18(22)12-14-19)17-9-7-16(8-10-17)5-4-6-20(24)27-3/h7-15,21,23H,4-6H2,1-3H3. The van der Waals surface area contributed by atoms with Crippen molar-refractivity contribution in [3.05, 3.63) is 64.7 Å². The molecule has 5 nitrogen and oxygen atoms in total. The van der Waals surface area contributed by atoms with Crippen LogP contribution in [0.3, 0.4) is 0 Å². The Bertz CT molecular complexity index is 878. The summed E-state index contributed by atoms with van der Waals surface area (Å²) in [6, 6.07) is 13.6. The van der Waals surface area contributed by atoms with E-state index in [2.05, 4.69) is 9.46 Å². The molecule has 2 rings (SSSR count). The highest BCUT2D eigenvalue weighted by Gasteiger charge is 2.24. The Morgan fingerprint density at radius 2 is 1.68 bits per heavy atom. The zero-order valence-corrected chi connectivity index (χ0v) is 17.9. The SMILES string of the molecule is COC(=O)CCCc1ccc(C(NS(=O)(=O)c2ccc(Cl)cc2)C(C)C)cc1. The summed E-state index contributed by atoms with van der Waals surface area (Å²) in [5.41, 5.74) is 1.99. The van der Waals surface area contributed by atoms with Crippen LogP contribution in [0.2, 0.25) is 5.02 Å². The number of hydrogen-bond acceptors (Lipinski definition) is 4. The molecule has 0 aliphatic rings. The van der Waals surface area contributed by atoms with Crippen LogP contribution in [-0.4, -0.2) is 21.5 Å². The number of rotatable bonds is 9. The first kappa shape index (κ1) is 22.4. The molecule has 0 fully saturated rings. The Balaban J connectivity index is 2.11. The Morgan fingerprint density at radius 3 is 2.21 bits per heavy atom. The van der Waals surface area contributed by atoms with Gasteiger partial charge in [0.1, 0.15) is 0 Å². The number of hydrogen-bond donors (Lipinski definition) is 1. The van der Waals surface area contributed by atoms with Gasteiger partial charge in [-0.15, -0.1) is 0 Å². The minimum Gasteiger partial charge on any atom is -0.469 e. The van der Waals surface area contributed by atoms with E-state index < -0.39 is 10.0 Å². The molecule has 0 spiro atoms. The predicted octanol–water partition coefficient (Wildman–Crippen LogP) is 4.51. The van der Waals surface area contributed by atoms with Crippen molar-refractivity contribution < 1.29 is 17.9 Å². The fourth-order valence-electron chi connectivity index (χ4n) is 2.87. The number of sulfonamides is 1. The number of methoxy groups -OCH3 is 1. The van der Waals surface area contributed by atoms with Crippen molar-refractivity contribution in [2.45, 2.75) is 44.0 Å². The molecule has 152 valence electrons. The molecule has 0 bridgehead atoms. The third-order valence-electron chi connectivity index (χ3n) is 4.49. The van der Waals surface area contributed by atoms with Gasteiger partial charge in [-0.3, -0.25) is 4.79 Å². The Hall–Kier alpha value is -1.89. The van der Waals surface area contributed by atoms with Gasteiger partial charge in [-0.1, -0.05) is 49.7 Å². The van der Waals surface area contributed by atoms with E-state index >= 15 is 0 Å². The average Bonchev–Trinajstić information content (AvgIpc) is 2.67. The lowest BCUT2D eigenvalue weighted by Crippen LogP contribution is -2.31. The molecule has 2 aromatic carbocycles. The minimum atomic E-state index is -3.67. The monoisotopic (exact) mass is 423 g/mol. The minimum absolute atomic E-state index is 0.0623. The third kappa shape index (κ3) is 6.33. The summed E-state index contributed by atoms with van der Waals surface area (Å²) in [4.78, 5) is 11.4. The first-order chi connectivity index (χ1) is 13.2. The average molecular weight is 424 g/mol. The first-order valence-electron chi connectivity index (χ1n) is 9.16. The fourth-order valence-corrected chi connectivity index (χ4v) is 4.37. The van der Waals surface area contributed by atoms with Crippen LogP contribution in [0.1, 0.15) is 43.9 Å². The van der Waals surface area contributed by atoms with Gasteiger partial charge in [0.25, 0.3) is 0 Å². The lowest BCUT2D eigenvalue weighted by molar-refractivity contribution is -0.140. The summed E-state index contributed by atoms with van der Waals surface area (Å²) in [5, 5.41) is 0.488. The van der Waals surface area contributed by atoms with E-state index in [1.807, 2.05) is 38.1 Å². The largest absolute Gasteiger partial charge is 0.469 e. The summed E-state index contributed by atoms with van der Waals surface area (Å²) in [6.07, 6.45) is 1.86. The van der Waals surface area contributed by atoms with Crippen molar-refractivity contribution in [1.82, 2.24) is 4.72 Å². The normalized spacial score (nSPS) is 12.8. The molecule has 0 heterocycles. The zero-order valence-electron chi connectivity index (χ0n) is 16.3. The number of nitrogens with one attached hydrogen (secondary N) is 1. The second kappa shape index (κ2) is 10.0. The van der Waals surface area contributed by atoms with Gasteiger partial charge in [-0.2, -0.15) is 0 Å². The number of halogens is 1. The van der Waals surface area contributed by atoms with Gasteiger partial charge in [0.15, 0.2) is 0 Å². The third-order valence-corrected chi connectivity index (χ3v) is 6.19. The lowest BCUT2D eigenvalue weighted by atomic mass is 9.95. The van der Waals surface area contributed by atoms with Gasteiger partial charge in [0.05, 0.1) is 12.0 Å².